The Morgan fingerprint density at radius 2 is 0.581 bits per heavy atom. The standard InChI is InChI=1S/2C15H10O6.H2O/c2*16-13(17)9-3-1-8(2-4-9)10-5-6-11(14(18)19)12(7-10)15(20)21;/h2*1-7H,(H,16,17)(H,18,19)(H,20,21);1H2. The molecule has 13 heteroatoms. The van der Waals surface area contributed by atoms with Crippen LogP contribution < -0.4 is 0 Å². The second-order valence-electron chi connectivity index (χ2n) is 8.51. The van der Waals surface area contributed by atoms with E-state index in [9.17, 15) is 28.8 Å². The molecule has 8 N–H and O–H groups in total. The maximum atomic E-state index is 11.1. The molecule has 0 aliphatic heterocycles. The van der Waals surface area contributed by atoms with E-state index in [1.54, 1.807) is 0 Å². The Balaban J connectivity index is 0.000000293. The van der Waals surface area contributed by atoms with Gasteiger partial charge in [0, 0.05) is 0 Å². The largest absolute Gasteiger partial charge is 0.478 e. The molecule has 0 saturated carbocycles. The number of aromatic carboxylic acids is 6. The molecule has 0 aromatic heterocycles. The van der Waals surface area contributed by atoms with Crippen LogP contribution in [0, 0.1) is 0 Å². The Morgan fingerprint density at radius 3 is 0.814 bits per heavy atom. The van der Waals surface area contributed by atoms with Gasteiger partial charge in [-0.15, -0.1) is 0 Å². The smallest absolute Gasteiger partial charge is 0.336 e. The second kappa shape index (κ2) is 13.8. The van der Waals surface area contributed by atoms with Crippen LogP contribution in [-0.2, 0) is 0 Å². The van der Waals surface area contributed by atoms with Crippen LogP contribution in [-0.4, -0.2) is 71.9 Å². The van der Waals surface area contributed by atoms with Crippen molar-refractivity contribution in [3.8, 4) is 22.3 Å². The summed E-state index contributed by atoms with van der Waals surface area (Å²) >= 11 is 0. The van der Waals surface area contributed by atoms with E-state index in [4.69, 9.17) is 30.6 Å². The van der Waals surface area contributed by atoms with Crippen LogP contribution >= 0.6 is 0 Å². The van der Waals surface area contributed by atoms with E-state index in [2.05, 4.69) is 0 Å². The van der Waals surface area contributed by atoms with Gasteiger partial charge in [-0.25, -0.2) is 28.8 Å². The van der Waals surface area contributed by atoms with Gasteiger partial charge in [-0.05, 0) is 70.8 Å². The monoisotopic (exact) mass is 590 g/mol. The first-order valence-electron chi connectivity index (χ1n) is 11.7. The van der Waals surface area contributed by atoms with Crippen molar-refractivity contribution in [3.63, 3.8) is 0 Å². The number of hydrogen-bond acceptors (Lipinski definition) is 6. The topological polar surface area (TPSA) is 255 Å². The number of benzene rings is 4. The molecule has 4 rings (SSSR count). The van der Waals surface area contributed by atoms with Gasteiger partial charge in [0.1, 0.15) is 0 Å². The lowest BCUT2D eigenvalue weighted by atomic mass is 9.98. The summed E-state index contributed by atoms with van der Waals surface area (Å²) in [6.45, 7) is 0. The first kappa shape index (κ1) is 32.9. The molecule has 0 atom stereocenters. The highest BCUT2D eigenvalue weighted by molar-refractivity contribution is 6.03. The molecule has 0 heterocycles. The van der Waals surface area contributed by atoms with Gasteiger partial charge in [0.15, 0.2) is 0 Å². The highest BCUT2D eigenvalue weighted by Gasteiger charge is 2.18. The number of carbonyl (C=O) groups is 6. The molecule has 4 aromatic rings. The van der Waals surface area contributed by atoms with Crippen LogP contribution in [0.25, 0.3) is 22.3 Å². The van der Waals surface area contributed by atoms with Gasteiger partial charge in [-0.1, -0.05) is 36.4 Å². The average Bonchev–Trinajstić information content (AvgIpc) is 2.96. The number of carboxylic acid groups (broad SMARTS) is 6. The SMILES string of the molecule is O.O=C(O)c1ccc(-c2ccc(C(=O)O)c(C(=O)O)c2)cc1.O=C(O)c1ccc(-c2ccc(C(=O)O)c(C(=O)O)c2)cc1. The van der Waals surface area contributed by atoms with Crippen molar-refractivity contribution in [1.29, 1.82) is 0 Å². The molecule has 0 saturated heterocycles. The minimum atomic E-state index is -1.34. The summed E-state index contributed by atoms with van der Waals surface area (Å²) in [6, 6.07) is 19.6. The highest BCUT2D eigenvalue weighted by atomic mass is 16.4. The van der Waals surface area contributed by atoms with Gasteiger partial charge < -0.3 is 36.1 Å². The number of carboxylic acids is 6. The summed E-state index contributed by atoms with van der Waals surface area (Å²) in [7, 11) is 0. The minimum Gasteiger partial charge on any atom is -0.478 e. The normalized spacial score (nSPS) is 9.86. The molecular weight excluding hydrogens is 568 g/mol. The van der Waals surface area contributed by atoms with Crippen molar-refractivity contribution in [2.75, 3.05) is 0 Å². The first-order valence-corrected chi connectivity index (χ1v) is 11.7. The van der Waals surface area contributed by atoms with Gasteiger partial charge in [-0.2, -0.15) is 0 Å². The Bertz CT molecular complexity index is 1590. The second-order valence-corrected chi connectivity index (χ2v) is 8.51. The van der Waals surface area contributed by atoms with Crippen molar-refractivity contribution in [2.24, 2.45) is 0 Å². The Labute approximate surface area is 241 Å². The van der Waals surface area contributed by atoms with E-state index in [0.717, 1.165) is 0 Å². The summed E-state index contributed by atoms with van der Waals surface area (Å²) in [6.07, 6.45) is 0. The zero-order chi connectivity index (χ0) is 31.1. The van der Waals surface area contributed by atoms with Gasteiger partial charge in [0.05, 0.1) is 33.4 Å². The van der Waals surface area contributed by atoms with E-state index in [-0.39, 0.29) is 38.9 Å². The summed E-state index contributed by atoms with van der Waals surface area (Å²) in [5.41, 5.74) is 1.17. The van der Waals surface area contributed by atoms with Gasteiger partial charge >= 0.3 is 35.8 Å². The van der Waals surface area contributed by atoms with Crippen LogP contribution in [0.2, 0.25) is 0 Å². The fourth-order valence-corrected chi connectivity index (χ4v) is 3.79. The fraction of sp³-hybridized carbons (Fsp3) is 0. The Kier molecular flexibility index (Phi) is 10.6. The average molecular weight is 590 g/mol. The molecule has 4 aromatic carbocycles. The molecule has 43 heavy (non-hydrogen) atoms. The lowest BCUT2D eigenvalue weighted by Gasteiger charge is -2.06. The van der Waals surface area contributed by atoms with Crippen molar-refractivity contribution in [1.82, 2.24) is 0 Å². The third-order valence-electron chi connectivity index (χ3n) is 5.89. The zero-order valence-electron chi connectivity index (χ0n) is 21.7. The van der Waals surface area contributed by atoms with E-state index in [1.807, 2.05) is 0 Å². The Morgan fingerprint density at radius 1 is 0.326 bits per heavy atom. The van der Waals surface area contributed by atoms with Crippen molar-refractivity contribution in [2.45, 2.75) is 0 Å². The summed E-state index contributed by atoms with van der Waals surface area (Å²) < 4.78 is 0. The molecule has 0 amide bonds. The predicted octanol–water partition coefficient (Wildman–Crippen LogP) is 4.07. The molecule has 0 radical (unpaired) electrons. The van der Waals surface area contributed by atoms with Crippen LogP contribution in [0.3, 0.4) is 0 Å². The highest BCUT2D eigenvalue weighted by Crippen LogP contribution is 2.25. The molecule has 0 aliphatic carbocycles. The molecular formula is C30H22O13. The first-order chi connectivity index (χ1) is 19.8. The van der Waals surface area contributed by atoms with E-state index < -0.39 is 35.8 Å². The molecule has 0 spiro atoms. The van der Waals surface area contributed by atoms with E-state index >= 15 is 0 Å². The van der Waals surface area contributed by atoms with E-state index in [1.165, 1.54) is 84.9 Å². The summed E-state index contributed by atoms with van der Waals surface area (Å²) in [5.74, 6) is -7.43. The van der Waals surface area contributed by atoms with Crippen LogP contribution in [0.15, 0.2) is 84.9 Å². The predicted molar refractivity (Wildman–Crippen MR) is 149 cm³/mol. The Hall–Kier alpha value is -6.34. The van der Waals surface area contributed by atoms with Gasteiger partial charge in [0.2, 0.25) is 0 Å². The third kappa shape index (κ3) is 7.87. The number of rotatable bonds is 8. The number of hydrogen-bond donors (Lipinski definition) is 6. The summed E-state index contributed by atoms with van der Waals surface area (Å²) in [5, 5.41) is 53.6. The van der Waals surface area contributed by atoms with Gasteiger partial charge in [0.25, 0.3) is 0 Å². The van der Waals surface area contributed by atoms with Gasteiger partial charge in [-0.3, -0.25) is 0 Å². The van der Waals surface area contributed by atoms with Crippen molar-refractivity contribution >= 4 is 35.8 Å². The lowest BCUT2D eigenvalue weighted by molar-refractivity contribution is 0.0651. The van der Waals surface area contributed by atoms with Crippen molar-refractivity contribution < 1.29 is 64.9 Å². The lowest BCUT2D eigenvalue weighted by Crippen LogP contribution is -2.08. The maximum absolute atomic E-state index is 11.1. The zero-order valence-corrected chi connectivity index (χ0v) is 21.7. The van der Waals surface area contributed by atoms with Crippen LogP contribution in [0.4, 0.5) is 0 Å². The van der Waals surface area contributed by atoms with Crippen LogP contribution in [0.1, 0.15) is 62.1 Å². The van der Waals surface area contributed by atoms with Crippen molar-refractivity contribution in [3.05, 3.63) is 118 Å². The molecule has 0 bridgehead atoms. The fourth-order valence-electron chi connectivity index (χ4n) is 3.79. The molecule has 0 fully saturated rings. The molecule has 0 unspecified atom stereocenters. The molecule has 13 nitrogen and oxygen atoms in total. The minimum absolute atomic E-state index is 0. The quantitative estimate of drug-likeness (QED) is 0.170. The molecule has 220 valence electrons. The van der Waals surface area contributed by atoms with E-state index in [0.29, 0.717) is 22.3 Å². The summed E-state index contributed by atoms with van der Waals surface area (Å²) in [4.78, 5) is 65.7. The van der Waals surface area contributed by atoms with Crippen LogP contribution in [0.5, 0.6) is 0 Å². The third-order valence-corrected chi connectivity index (χ3v) is 5.89. The maximum Gasteiger partial charge on any atom is 0.336 e. The molecule has 0 aliphatic rings.